The zero-order valence-electron chi connectivity index (χ0n) is 12.4. The van der Waals surface area contributed by atoms with Gasteiger partial charge in [-0.1, -0.05) is 0 Å². The highest BCUT2D eigenvalue weighted by atomic mass is 16.5. The second-order valence-electron chi connectivity index (χ2n) is 5.30. The Morgan fingerprint density at radius 2 is 2.35 bits per heavy atom. The molecule has 2 rings (SSSR count). The maximum Gasteiger partial charge on any atom is 0.213 e. The van der Waals surface area contributed by atoms with Gasteiger partial charge in [-0.05, 0) is 38.8 Å². The predicted molar refractivity (Wildman–Crippen MR) is 80.3 cm³/mol. The standard InChI is InChI=1S/C15H25N3O2/c1-12(10-13-4-3-7-16-13)18-14-5-6-15(17-11-14)20-9-8-19-2/h5-6,11-13,16,18H,3-4,7-10H2,1-2H3. The highest BCUT2D eigenvalue weighted by Crippen LogP contribution is 2.16. The van der Waals surface area contributed by atoms with Gasteiger partial charge in [-0.15, -0.1) is 0 Å². The first-order valence-electron chi connectivity index (χ1n) is 7.35. The van der Waals surface area contributed by atoms with Crippen molar-refractivity contribution in [3.63, 3.8) is 0 Å². The summed E-state index contributed by atoms with van der Waals surface area (Å²) in [6.07, 6.45) is 5.55. The van der Waals surface area contributed by atoms with Crippen molar-refractivity contribution in [1.29, 1.82) is 0 Å². The van der Waals surface area contributed by atoms with Crippen molar-refractivity contribution >= 4 is 5.69 Å². The number of rotatable bonds is 8. The smallest absolute Gasteiger partial charge is 0.213 e. The molecule has 20 heavy (non-hydrogen) atoms. The Hall–Kier alpha value is -1.33. The van der Waals surface area contributed by atoms with Gasteiger partial charge in [-0.3, -0.25) is 0 Å². The first-order valence-corrected chi connectivity index (χ1v) is 7.35. The van der Waals surface area contributed by atoms with Gasteiger partial charge in [0, 0.05) is 25.3 Å². The largest absolute Gasteiger partial charge is 0.475 e. The van der Waals surface area contributed by atoms with Crippen LogP contribution in [0.5, 0.6) is 5.88 Å². The quantitative estimate of drug-likeness (QED) is 0.713. The second-order valence-corrected chi connectivity index (χ2v) is 5.30. The van der Waals surface area contributed by atoms with Crippen LogP contribution in [0.3, 0.4) is 0 Å². The first kappa shape index (κ1) is 15.1. The fraction of sp³-hybridized carbons (Fsp3) is 0.667. The summed E-state index contributed by atoms with van der Waals surface area (Å²) in [4.78, 5) is 4.28. The van der Waals surface area contributed by atoms with E-state index in [1.807, 2.05) is 18.3 Å². The Bertz CT molecular complexity index is 377. The second kappa shape index (κ2) is 8.07. The molecule has 0 amide bonds. The normalized spacial score (nSPS) is 19.8. The zero-order valence-corrected chi connectivity index (χ0v) is 12.4. The number of nitrogens with one attached hydrogen (secondary N) is 2. The van der Waals surface area contributed by atoms with Crippen molar-refractivity contribution in [1.82, 2.24) is 10.3 Å². The number of pyridine rings is 1. The van der Waals surface area contributed by atoms with Crippen LogP contribution in [0.1, 0.15) is 26.2 Å². The van der Waals surface area contributed by atoms with E-state index in [0.29, 0.717) is 31.2 Å². The van der Waals surface area contributed by atoms with Crippen LogP contribution in [-0.4, -0.2) is 43.9 Å². The van der Waals surface area contributed by atoms with Gasteiger partial charge in [0.1, 0.15) is 6.61 Å². The minimum absolute atomic E-state index is 0.438. The Morgan fingerprint density at radius 1 is 1.45 bits per heavy atom. The monoisotopic (exact) mass is 279 g/mol. The van der Waals surface area contributed by atoms with Gasteiger partial charge in [-0.25, -0.2) is 4.98 Å². The third kappa shape index (κ3) is 4.98. The minimum Gasteiger partial charge on any atom is -0.475 e. The maximum atomic E-state index is 5.44. The van der Waals surface area contributed by atoms with Gasteiger partial charge in [-0.2, -0.15) is 0 Å². The van der Waals surface area contributed by atoms with E-state index < -0.39 is 0 Å². The van der Waals surface area contributed by atoms with E-state index in [-0.39, 0.29) is 0 Å². The van der Waals surface area contributed by atoms with Gasteiger partial charge in [0.15, 0.2) is 0 Å². The summed E-state index contributed by atoms with van der Waals surface area (Å²) in [6.45, 7) is 4.47. The molecule has 0 aliphatic carbocycles. The molecule has 112 valence electrons. The fourth-order valence-corrected chi connectivity index (χ4v) is 2.51. The third-order valence-electron chi connectivity index (χ3n) is 3.49. The van der Waals surface area contributed by atoms with E-state index in [9.17, 15) is 0 Å². The first-order chi connectivity index (χ1) is 9.78. The Kier molecular flexibility index (Phi) is 6.08. The Labute approximate surface area is 121 Å². The number of aromatic nitrogens is 1. The maximum absolute atomic E-state index is 5.44. The van der Waals surface area contributed by atoms with Gasteiger partial charge in [0.2, 0.25) is 5.88 Å². The molecule has 0 aromatic carbocycles. The molecular weight excluding hydrogens is 254 g/mol. The molecule has 1 aliphatic rings. The van der Waals surface area contributed by atoms with Crippen molar-refractivity contribution in [2.45, 2.75) is 38.3 Å². The molecule has 1 aromatic rings. The molecule has 0 radical (unpaired) electrons. The van der Waals surface area contributed by atoms with Crippen molar-refractivity contribution in [3.8, 4) is 5.88 Å². The predicted octanol–water partition coefficient (Wildman–Crippen LogP) is 2.05. The highest BCUT2D eigenvalue weighted by molar-refractivity contribution is 5.42. The lowest BCUT2D eigenvalue weighted by Gasteiger charge is -2.19. The molecule has 2 heterocycles. The summed E-state index contributed by atoms with van der Waals surface area (Å²) in [5.74, 6) is 0.637. The summed E-state index contributed by atoms with van der Waals surface area (Å²) in [6, 6.07) is 4.99. The molecule has 0 spiro atoms. The molecule has 5 nitrogen and oxygen atoms in total. The van der Waals surface area contributed by atoms with Gasteiger partial charge in [0.25, 0.3) is 0 Å². The molecule has 2 atom stereocenters. The van der Waals surface area contributed by atoms with Crippen LogP contribution < -0.4 is 15.4 Å². The average molecular weight is 279 g/mol. The molecule has 1 aliphatic heterocycles. The van der Waals surface area contributed by atoms with Crippen LogP contribution in [0.25, 0.3) is 0 Å². The topological polar surface area (TPSA) is 55.4 Å². The lowest BCUT2D eigenvalue weighted by atomic mass is 10.1. The number of hydrogen-bond donors (Lipinski definition) is 2. The molecule has 2 N–H and O–H groups in total. The molecule has 5 heteroatoms. The van der Waals surface area contributed by atoms with E-state index in [1.165, 1.54) is 12.8 Å². The average Bonchev–Trinajstić information content (AvgIpc) is 2.94. The van der Waals surface area contributed by atoms with Crippen LogP contribution in [0, 0.1) is 0 Å². The number of ether oxygens (including phenoxy) is 2. The number of nitrogens with zero attached hydrogens (tertiary/aromatic N) is 1. The van der Waals surface area contributed by atoms with Crippen molar-refractivity contribution < 1.29 is 9.47 Å². The lowest BCUT2D eigenvalue weighted by Crippen LogP contribution is -2.29. The molecule has 0 saturated carbocycles. The Balaban J connectivity index is 1.74. The number of hydrogen-bond acceptors (Lipinski definition) is 5. The minimum atomic E-state index is 0.438. The molecule has 1 aromatic heterocycles. The van der Waals surface area contributed by atoms with Crippen LogP contribution in [0.15, 0.2) is 18.3 Å². The van der Waals surface area contributed by atoms with Crippen molar-refractivity contribution in [3.05, 3.63) is 18.3 Å². The molecule has 1 fully saturated rings. The SMILES string of the molecule is COCCOc1ccc(NC(C)CC2CCCN2)cn1. The summed E-state index contributed by atoms with van der Waals surface area (Å²) in [5.41, 5.74) is 1.04. The van der Waals surface area contributed by atoms with Gasteiger partial charge < -0.3 is 20.1 Å². The fourth-order valence-electron chi connectivity index (χ4n) is 2.51. The molecule has 2 unspecified atom stereocenters. The summed E-state index contributed by atoms with van der Waals surface area (Å²) in [5, 5.41) is 7.00. The van der Waals surface area contributed by atoms with Gasteiger partial charge in [0.05, 0.1) is 18.5 Å². The van der Waals surface area contributed by atoms with E-state index in [0.717, 1.165) is 18.7 Å². The van der Waals surface area contributed by atoms with E-state index in [4.69, 9.17) is 9.47 Å². The van der Waals surface area contributed by atoms with E-state index in [1.54, 1.807) is 7.11 Å². The van der Waals surface area contributed by atoms with Crippen molar-refractivity contribution in [2.24, 2.45) is 0 Å². The highest BCUT2D eigenvalue weighted by Gasteiger charge is 2.16. The van der Waals surface area contributed by atoms with E-state index in [2.05, 4.69) is 22.5 Å². The van der Waals surface area contributed by atoms with Crippen molar-refractivity contribution in [2.75, 3.05) is 32.2 Å². The molecule has 0 bridgehead atoms. The van der Waals surface area contributed by atoms with Crippen LogP contribution in [-0.2, 0) is 4.74 Å². The Morgan fingerprint density at radius 3 is 3.00 bits per heavy atom. The van der Waals surface area contributed by atoms with Crippen LogP contribution in [0.4, 0.5) is 5.69 Å². The number of anilines is 1. The lowest BCUT2D eigenvalue weighted by molar-refractivity contribution is 0.144. The van der Waals surface area contributed by atoms with Crippen LogP contribution >= 0.6 is 0 Å². The number of methoxy groups -OCH3 is 1. The molecule has 1 saturated heterocycles. The summed E-state index contributed by atoms with van der Waals surface area (Å²) >= 11 is 0. The van der Waals surface area contributed by atoms with E-state index >= 15 is 0 Å². The summed E-state index contributed by atoms with van der Waals surface area (Å²) < 4.78 is 10.4. The van der Waals surface area contributed by atoms with Crippen LogP contribution in [0.2, 0.25) is 0 Å². The summed E-state index contributed by atoms with van der Waals surface area (Å²) in [7, 11) is 1.66. The zero-order chi connectivity index (χ0) is 14.2. The molecular formula is C15H25N3O2. The van der Waals surface area contributed by atoms with Gasteiger partial charge >= 0.3 is 0 Å². The third-order valence-corrected chi connectivity index (χ3v) is 3.49.